The molecule has 1 aromatic rings. The van der Waals surface area contributed by atoms with E-state index in [1.807, 2.05) is 0 Å². The van der Waals surface area contributed by atoms with Gasteiger partial charge < -0.3 is 5.32 Å². The Bertz CT molecular complexity index is 412. The van der Waals surface area contributed by atoms with Gasteiger partial charge in [0.05, 0.1) is 0 Å². The molecule has 18 heavy (non-hydrogen) atoms. The minimum Gasteiger partial charge on any atom is -0.351 e. The van der Waals surface area contributed by atoms with Gasteiger partial charge in [-0.2, -0.15) is 0 Å². The Balaban J connectivity index is 1.93. The van der Waals surface area contributed by atoms with Crippen LogP contribution in [0.2, 0.25) is 5.02 Å². The molecule has 0 saturated heterocycles. The Morgan fingerprint density at radius 1 is 1.28 bits per heavy atom. The first-order valence-electron chi connectivity index (χ1n) is 6.25. The summed E-state index contributed by atoms with van der Waals surface area (Å²) in [6, 6.07) is 7.00. The van der Waals surface area contributed by atoms with Gasteiger partial charge in [0.2, 0.25) is 0 Å². The molecule has 1 fully saturated rings. The highest BCUT2D eigenvalue weighted by Crippen LogP contribution is 2.38. The van der Waals surface area contributed by atoms with Crippen molar-refractivity contribution in [3.63, 3.8) is 0 Å². The summed E-state index contributed by atoms with van der Waals surface area (Å²) < 4.78 is 0. The number of hydrogen-bond acceptors (Lipinski definition) is 1. The number of carbonyl (C=O) groups excluding carboxylic acids is 1. The maximum atomic E-state index is 12.0. The normalized spacial score (nSPS) is 17.7. The van der Waals surface area contributed by atoms with Crippen molar-refractivity contribution in [1.29, 1.82) is 0 Å². The van der Waals surface area contributed by atoms with Gasteiger partial charge in [-0.25, -0.2) is 0 Å². The molecule has 1 aromatic carbocycles. The first kappa shape index (κ1) is 13.9. The fourth-order valence-electron chi connectivity index (χ4n) is 2.45. The molecular weight excluding hydrogens is 314 g/mol. The first-order chi connectivity index (χ1) is 8.65. The van der Waals surface area contributed by atoms with E-state index in [1.165, 1.54) is 25.7 Å². The standard InChI is InChI=1S/C14H17BrClNO/c15-9-14(7-1-2-8-14)10-17-13(18)11-3-5-12(16)6-4-11/h3-6H,1-2,7-10H2,(H,17,18). The number of alkyl halides is 1. The summed E-state index contributed by atoms with van der Waals surface area (Å²) in [5.41, 5.74) is 0.921. The van der Waals surface area contributed by atoms with E-state index in [0.29, 0.717) is 10.6 Å². The number of carbonyl (C=O) groups is 1. The second kappa shape index (κ2) is 6.07. The zero-order chi connectivity index (χ0) is 13.0. The van der Waals surface area contributed by atoms with E-state index < -0.39 is 0 Å². The number of amides is 1. The fourth-order valence-corrected chi connectivity index (χ4v) is 3.34. The highest BCUT2D eigenvalue weighted by Gasteiger charge is 2.32. The Hall–Kier alpha value is -0.540. The van der Waals surface area contributed by atoms with Crippen LogP contribution in [-0.2, 0) is 0 Å². The van der Waals surface area contributed by atoms with Gasteiger partial charge >= 0.3 is 0 Å². The molecule has 1 saturated carbocycles. The minimum atomic E-state index is -0.0149. The van der Waals surface area contributed by atoms with Crippen LogP contribution in [0.4, 0.5) is 0 Å². The summed E-state index contributed by atoms with van der Waals surface area (Å²) in [5.74, 6) is -0.0149. The van der Waals surface area contributed by atoms with Gasteiger partial charge in [0, 0.05) is 22.5 Å². The van der Waals surface area contributed by atoms with Crippen LogP contribution < -0.4 is 5.32 Å². The van der Waals surface area contributed by atoms with E-state index in [2.05, 4.69) is 21.2 Å². The Kier molecular flexibility index (Phi) is 4.68. The number of hydrogen-bond donors (Lipinski definition) is 1. The lowest BCUT2D eigenvalue weighted by Gasteiger charge is -2.26. The molecule has 2 nitrogen and oxygen atoms in total. The van der Waals surface area contributed by atoms with E-state index in [1.54, 1.807) is 24.3 Å². The molecule has 0 atom stereocenters. The van der Waals surface area contributed by atoms with Gasteiger partial charge in [-0.3, -0.25) is 4.79 Å². The molecule has 0 heterocycles. The molecule has 0 bridgehead atoms. The van der Waals surface area contributed by atoms with Crippen LogP contribution >= 0.6 is 27.5 Å². The molecule has 98 valence electrons. The molecule has 0 aromatic heterocycles. The van der Waals surface area contributed by atoms with Crippen LogP contribution in [0.25, 0.3) is 0 Å². The quantitative estimate of drug-likeness (QED) is 0.830. The lowest BCUT2D eigenvalue weighted by molar-refractivity contribution is 0.0935. The Morgan fingerprint density at radius 3 is 2.44 bits per heavy atom. The largest absolute Gasteiger partial charge is 0.351 e. The number of nitrogens with one attached hydrogen (secondary N) is 1. The van der Waals surface area contributed by atoms with Crippen molar-refractivity contribution in [3.05, 3.63) is 34.9 Å². The smallest absolute Gasteiger partial charge is 0.251 e. The molecule has 4 heteroatoms. The number of benzene rings is 1. The lowest BCUT2D eigenvalue weighted by Crippen LogP contribution is -2.37. The van der Waals surface area contributed by atoms with Crippen molar-refractivity contribution in [3.8, 4) is 0 Å². The molecule has 1 aliphatic rings. The summed E-state index contributed by atoms with van der Waals surface area (Å²) in [6.07, 6.45) is 4.92. The summed E-state index contributed by atoms with van der Waals surface area (Å²) in [5, 5.41) is 4.65. The van der Waals surface area contributed by atoms with E-state index >= 15 is 0 Å². The van der Waals surface area contributed by atoms with Crippen molar-refractivity contribution in [1.82, 2.24) is 5.32 Å². The second-order valence-electron chi connectivity index (χ2n) is 5.03. The Morgan fingerprint density at radius 2 is 1.89 bits per heavy atom. The van der Waals surface area contributed by atoms with Crippen LogP contribution in [0.1, 0.15) is 36.0 Å². The number of halogens is 2. The number of rotatable bonds is 4. The average Bonchev–Trinajstić information content (AvgIpc) is 2.86. The zero-order valence-corrected chi connectivity index (χ0v) is 12.6. The average molecular weight is 331 g/mol. The van der Waals surface area contributed by atoms with Crippen LogP contribution in [0.5, 0.6) is 0 Å². The summed E-state index contributed by atoms with van der Waals surface area (Å²) in [6.45, 7) is 0.750. The summed E-state index contributed by atoms with van der Waals surface area (Å²) >= 11 is 9.38. The zero-order valence-electron chi connectivity index (χ0n) is 10.2. The predicted octanol–water partition coefficient (Wildman–Crippen LogP) is 4.03. The molecule has 1 aliphatic carbocycles. The van der Waals surface area contributed by atoms with E-state index in [0.717, 1.165) is 11.9 Å². The van der Waals surface area contributed by atoms with Gasteiger partial charge in [0.1, 0.15) is 0 Å². The predicted molar refractivity (Wildman–Crippen MR) is 78.5 cm³/mol. The fraction of sp³-hybridized carbons (Fsp3) is 0.500. The van der Waals surface area contributed by atoms with Gasteiger partial charge in [-0.05, 0) is 42.5 Å². The maximum absolute atomic E-state index is 12.0. The maximum Gasteiger partial charge on any atom is 0.251 e. The minimum absolute atomic E-state index is 0.0149. The van der Waals surface area contributed by atoms with E-state index in [-0.39, 0.29) is 11.3 Å². The second-order valence-corrected chi connectivity index (χ2v) is 6.03. The van der Waals surface area contributed by atoms with E-state index in [9.17, 15) is 4.79 Å². The van der Waals surface area contributed by atoms with Crippen molar-refractivity contribution >= 4 is 33.4 Å². The van der Waals surface area contributed by atoms with Crippen molar-refractivity contribution in [2.24, 2.45) is 5.41 Å². The Labute approximate surface area is 121 Å². The molecule has 0 aliphatic heterocycles. The molecule has 0 spiro atoms. The molecule has 0 radical (unpaired) electrons. The third-order valence-electron chi connectivity index (χ3n) is 3.68. The monoisotopic (exact) mass is 329 g/mol. The van der Waals surface area contributed by atoms with Crippen LogP contribution in [0.3, 0.4) is 0 Å². The van der Waals surface area contributed by atoms with Crippen LogP contribution in [0, 0.1) is 5.41 Å². The molecule has 2 rings (SSSR count). The molecular formula is C14H17BrClNO. The third kappa shape index (κ3) is 3.27. The van der Waals surface area contributed by atoms with Gasteiger partial charge in [0.25, 0.3) is 5.91 Å². The highest BCUT2D eigenvalue weighted by atomic mass is 79.9. The highest BCUT2D eigenvalue weighted by molar-refractivity contribution is 9.09. The topological polar surface area (TPSA) is 29.1 Å². The van der Waals surface area contributed by atoms with Crippen molar-refractivity contribution in [2.75, 3.05) is 11.9 Å². The van der Waals surface area contributed by atoms with Gasteiger partial charge in [-0.1, -0.05) is 40.4 Å². The van der Waals surface area contributed by atoms with Crippen molar-refractivity contribution < 1.29 is 4.79 Å². The molecule has 1 amide bonds. The summed E-state index contributed by atoms with van der Waals surface area (Å²) in [7, 11) is 0. The SMILES string of the molecule is O=C(NCC1(CBr)CCCC1)c1ccc(Cl)cc1. The lowest BCUT2D eigenvalue weighted by atomic mass is 9.89. The van der Waals surface area contributed by atoms with Crippen LogP contribution in [0.15, 0.2) is 24.3 Å². The van der Waals surface area contributed by atoms with Crippen molar-refractivity contribution in [2.45, 2.75) is 25.7 Å². The van der Waals surface area contributed by atoms with Crippen LogP contribution in [-0.4, -0.2) is 17.8 Å². The third-order valence-corrected chi connectivity index (χ3v) is 5.12. The van der Waals surface area contributed by atoms with Gasteiger partial charge in [-0.15, -0.1) is 0 Å². The summed E-state index contributed by atoms with van der Waals surface area (Å²) in [4.78, 5) is 12.0. The molecule has 1 N–H and O–H groups in total. The molecule has 0 unspecified atom stereocenters. The van der Waals surface area contributed by atoms with E-state index in [4.69, 9.17) is 11.6 Å². The first-order valence-corrected chi connectivity index (χ1v) is 7.75. The van der Waals surface area contributed by atoms with Gasteiger partial charge in [0.15, 0.2) is 0 Å².